The van der Waals surface area contributed by atoms with E-state index in [0.29, 0.717) is 12.1 Å². The predicted molar refractivity (Wildman–Crippen MR) is 132 cm³/mol. The van der Waals surface area contributed by atoms with Gasteiger partial charge in [0.25, 0.3) is 5.91 Å². The summed E-state index contributed by atoms with van der Waals surface area (Å²) in [5, 5.41) is 1.08. The normalized spacial score (nSPS) is 15.3. The Hall–Kier alpha value is -1.96. The molecule has 0 saturated heterocycles. The lowest BCUT2D eigenvalue weighted by Crippen LogP contribution is -2.38. The minimum atomic E-state index is -5.24. The number of carbonyl (C=O) groups excluding carboxylic acids is 1. The van der Waals surface area contributed by atoms with E-state index in [1.54, 1.807) is 0 Å². The summed E-state index contributed by atoms with van der Waals surface area (Å²) in [6, 6.07) is 1.83. The van der Waals surface area contributed by atoms with Crippen LogP contribution in [0, 0.1) is 0 Å². The van der Waals surface area contributed by atoms with Crippen LogP contribution in [0.5, 0.6) is 0 Å². The van der Waals surface area contributed by atoms with Crippen molar-refractivity contribution in [1.82, 2.24) is 5.32 Å². The number of hydrogen-bond donors (Lipinski definition) is 1. The molecule has 3 nitrogen and oxygen atoms in total. The molecule has 3 unspecified atom stereocenters. The number of benzene rings is 2. The van der Waals surface area contributed by atoms with Crippen molar-refractivity contribution in [2.24, 2.45) is 0 Å². The Morgan fingerprint density at radius 2 is 1.56 bits per heavy atom. The average Bonchev–Trinajstić information content (AvgIpc) is 2.77. The second-order valence-corrected chi connectivity index (χ2v) is 10.9. The molecule has 0 heterocycles. The molecular weight excluding hydrogens is 632 g/mol. The fourth-order valence-corrected chi connectivity index (χ4v) is 5.00. The lowest BCUT2D eigenvalue weighted by Gasteiger charge is -2.19. The van der Waals surface area contributed by atoms with Crippen LogP contribution in [0.4, 0.5) is 39.5 Å². The van der Waals surface area contributed by atoms with Gasteiger partial charge in [-0.1, -0.05) is 40.9 Å². The van der Waals surface area contributed by atoms with E-state index in [0.717, 1.165) is 12.1 Å². The minimum Gasteiger partial charge on any atom is -0.349 e. The third-order valence-electron chi connectivity index (χ3n) is 5.00. The summed E-state index contributed by atoms with van der Waals surface area (Å²) in [5.74, 6) is -7.21. The van der Waals surface area contributed by atoms with Crippen molar-refractivity contribution in [3.05, 3.63) is 73.7 Å². The maximum Gasteiger partial charge on any atom is 0.417 e. The molecule has 2 aromatic carbocycles. The topological polar surface area (TPSA) is 46.2 Å². The van der Waals surface area contributed by atoms with Crippen LogP contribution < -0.4 is 5.32 Å². The molecule has 1 N–H and O–H groups in total. The molecule has 2 rings (SSSR count). The second-order valence-electron chi connectivity index (χ2n) is 8.13. The second kappa shape index (κ2) is 13.1. The molecule has 0 bridgehead atoms. The van der Waals surface area contributed by atoms with Crippen LogP contribution in [-0.4, -0.2) is 40.3 Å². The molecule has 0 spiro atoms. The van der Waals surface area contributed by atoms with Crippen LogP contribution in [0.25, 0.3) is 5.83 Å². The van der Waals surface area contributed by atoms with Crippen LogP contribution in [0.2, 0.25) is 15.1 Å². The van der Waals surface area contributed by atoms with E-state index in [1.807, 2.05) is 0 Å². The standard InChI is InChI=1S/C23H17Cl3F9NO2S/c1-10(8-39(38)9-19(28)29)36-21(37)13-3-2-11(4-15(13)23(33,34)35)18(27)7-14(22(30,31)32)12-5-16(24)20(26)17(25)6-12/h2-7,10,14,19H,8-9H2,1H3,(H,36,37)/b18-7-. The number of hydrogen-bond acceptors (Lipinski definition) is 2. The summed E-state index contributed by atoms with van der Waals surface area (Å²) in [6.07, 6.45) is -13.2. The van der Waals surface area contributed by atoms with Gasteiger partial charge in [0.2, 0.25) is 6.43 Å². The fourth-order valence-electron chi connectivity index (χ4n) is 3.33. The van der Waals surface area contributed by atoms with Crippen LogP contribution in [0.3, 0.4) is 0 Å². The molecule has 0 saturated carbocycles. The van der Waals surface area contributed by atoms with Crippen molar-refractivity contribution in [1.29, 1.82) is 0 Å². The van der Waals surface area contributed by atoms with Gasteiger partial charge in [-0.05, 0) is 42.8 Å². The number of amides is 1. The van der Waals surface area contributed by atoms with E-state index in [-0.39, 0.29) is 27.2 Å². The van der Waals surface area contributed by atoms with Crippen LogP contribution in [0.15, 0.2) is 36.4 Å². The van der Waals surface area contributed by atoms with Gasteiger partial charge in [0.1, 0.15) is 11.7 Å². The molecule has 2 aromatic rings. The Labute approximate surface area is 233 Å². The lowest BCUT2D eigenvalue weighted by atomic mass is 9.95. The first kappa shape index (κ1) is 33.2. The molecule has 0 fully saturated rings. The monoisotopic (exact) mass is 647 g/mol. The van der Waals surface area contributed by atoms with Gasteiger partial charge < -0.3 is 5.32 Å². The Morgan fingerprint density at radius 1 is 1.00 bits per heavy atom. The highest BCUT2D eigenvalue weighted by molar-refractivity contribution is 7.85. The van der Waals surface area contributed by atoms with E-state index in [1.165, 1.54) is 6.92 Å². The smallest absolute Gasteiger partial charge is 0.349 e. The van der Waals surface area contributed by atoms with Gasteiger partial charge in [-0.15, -0.1) is 0 Å². The van der Waals surface area contributed by atoms with E-state index in [2.05, 4.69) is 5.32 Å². The fraction of sp³-hybridized carbons (Fsp3) is 0.348. The molecule has 0 aliphatic heterocycles. The van der Waals surface area contributed by atoms with Crippen LogP contribution in [0.1, 0.15) is 39.9 Å². The molecule has 16 heteroatoms. The van der Waals surface area contributed by atoms with E-state index < -0.39 is 87.0 Å². The van der Waals surface area contributed by atoms with Crippen molar-refractivity contribution < 1.29 is 48.5 Å². The highest BCUT2D eigenvalue weighted by Gasteiger charge is 2.41. The summed E-state index contributed by atoms with van der Waals surface area (Å²) in [7, 11) is -2.08. The molecule has 0 aliphatic rings. The number of carbonyl (C=O) groups is 1. The van der Waals surface area contributed by atoms with Gasteiger partial charge >= 0.3 is 12.4 Å². The van der Waals surface area contributed by atoms with Gasteiger partial charge in [-0.2, -0.15) is 26.3 Å². The van der Waals surface area contributed by atoms with Crippen LogP contribution in [-0.2, 0) is 17.0 Å². The highest BCUT2D eigenvalue weighted by atomic mass is 35.5. The molecular formula is C23H17Cl3F9NO2S. The summed E-state index contributed by atoms with van der Waals surface area (Å²) >= 11 is 17.2. The van der Waals surface area contributed by atoms with E-state index >= 15 is 0 Å². The Balaban J connectivity index is 2.45. The van der Waals surface area contributed by atoms with E-state index in [9.17, 15) is 48.5 Å². The van der Waals surface area contributed by atoms with Gasteiger partial charge in [0.05, 0.1) is 31.9 Å². The summed E-state index contributed by atoms with van der Waals surface area (Å²) < 4.78 is 134. The molecule has 3 atom stereocenters. The quantitative estimate of drug-likeness (QED) is 0.219. The number of nitrogens with one attached hydrogen (secondary N) is 1. The van der Waals surface area contributed by atoms with E-state index in [4.69, 9.17) is 34.8 Å². The molecule has 0 radical (unpaired) electrons. The van der Waals surface area contributed by atoms with Crippen molar-refractivity contribution in [3.8, 4) is 0 Å². The Kier molecular flexibility index (Phi) is 11.2. The first-order valence-electron chi connectivity index (χ1n) is 10.5. The SMILES string of the molecule is CC(CS(=O)CC(F)F)NC(=O)c1ccc(/C(F)=C/C(c2cc(Cl)c(Cl)c(Cl)c2)C(F)(F)F)cc1C(F)(F)F. The van der Waals surface area contributed by atoms with Crippen molar-refractivity contribution in [3.63, 3.8) is 0 Å². The van der Waals surface area contributed by atoms with Crippen molar-refractivity contribution in [2.75, 3.05) is 11.5 Å². The number of allylic oxidation sites excluding steroid dienone is 1. The molecule has 216 valence electrons. The highest BCUT2D eigenvalue weighted by Crippen LogP contribution is 2.42. The predicted octanol–water partition coefficient (Wildman–Crippen LogP) is 8.45. The third kappa shape index (κ3) is 9.29. The zero-order valence-electron chi connectivity index (χ0n) is 19.4. The molecule has 0 aromatic heterocycles. The largest absolute Gasteiger partial charge is 0.417 e. The summed E-state index contributed by atoms with van der Waals surface area (Å²) in [5.41, 5.74) is -4.26. The summed E-state index contributed by atoms with van der Waals surface area (Å²) in [6.45, 7) is 1.22. The minimum absolute atomic E-state index is 0.0194. The van der Waals surface area contributed by atoms with Crippen molar-refractivity contribution in [2.45, 2.75) is 37.7 Å². The first-order valence-corrected chi connectivity index (χ1v) is 13.2. The first-order chi connectivity index (χ1) is 17.8. The zero-order chi connectivity index (χ0) is 29.9. The molecule has 39 heavy (non-hydrogen) atoms. The Morgan fingerprint density at radius 3 is 2.05 bits per heavy atom. The molecule has 1 amide bonds. The number of rotatable bonds is 9. The van der Waals surface area contributed by atoms with Gasteiger partial charge in [0, 0.05) is 28.2 Å². The van der Waals surface area contributed by atoms with Gasteiger partial charge in [0.15, 0.2) is 0 Å². The number of halogens is 12. The molecule has 0 aliphatic carbocycles. The maximum absolute atomic E-state index is 14.9. The Bertz CT molecular complexity index is 1240. The maximum atomic E-state index is 14.9. The number of alkyl halides is 8. The van der Waals surface area contributed by atoms with Gasteiger partial charge in [-0.25, -0.2) is 13.2 Å². The zero-order valence-corrected chi connectivity index (χ0v) is 22.5. The average molecular weight is 649 g/mol. The lowest BCUT2D eigenvalue weighted by molar-refractivity contribution is -0.140. The van der Waals surface area contributed by atoms with Crippen molar-refractivity contribution >= 4 is 57.3 Å². The van der Waals surface area contributed by atoms with Crippen LogP contribution >= 0.6 is 34.8 Å². The summed E-state index contributed by atoms with van der Waals surface area (Å²) in [4.78, 5) is 12.4. The van der Waals surface area contributed by atoms with Gasteiger partial charge in [-0.3, -0.25) is 9.00 Å². The third-order valence-corrected chi connectivity index (χ3v) is 7.69.